The van der Waals surface area contributed by atoms with Crippen molar-refractivity contribution in [1.82, 2.24) is 0 Å². The van der Waals surface area contributed by atoms with Crippen LogP contribution < -0.4 is 11.5 Å². The summed E-state index contributed by atoms with van der Waals surface area (Å²) in [7, 11) is 0. The smallest absolute Gasteiger partial charge is 0.115 e. The molecular formula is C23H26N2O. The molecule has 0 heterocycles. The van der Waals surface area contributed by atoms with E-state index in [0.717, 1.165) is 39.2 Å². The van der Waals surface area contributed by atoms with Gasteiger partial charge in [0.25, 0.3) is 0 Å². The van der Waals surface area contributed by atoms with Crippen molar-refractivity contribution in [1.29, 1.82) is 0 Å². The molecule has 3 aromatic carbocycles. The molecule has 3 nitrogen and oxygen atoms in total. The Morgan fingerprint density at radius 1 is 0.615 bits per heavy atom. The maximum absolute atomic E-state index is 9.70. The van der Waals surface area contributed by atoms with Crippen LogP contribution in [0.15, 0.2) is 48.5 Å². The molecule has 3 rings (SSSR count). The molecule has 0 aliphatic heterocycles. The highest BCUT2D eigenvalue weighted by Crippen LogP contribution is 2.37. The van der Waals surface area contributed by atoms with Crippen molar-refractivity contribution in [2.24, 2.45) is 0 Å². The number of nitrogens with two attached hydrogens (primary N) is 2. The molecule has 0 aromatic heterocycles. The van der Waals surface area contributed by atoms with E-state index in [0.29, 0.717) is 0 Å². The van der Waals surface area contributed by atoms with E-state index >= 15 is 0 Å². The quantitative estimate of drug-likeness (QED) is 0.463. The second-order valence-corrected chi connectivity index (χ2v) is 7.16. The lowest BCUT2D eigenvalue weighted by atomic mass is 9.82. The summed E-state index contributed by atoms with van der Waals surface area (Å²) in [6, 6.07) is 16.0. The van der Waals surface area contributed by atoms with E-state index in [-0.39, 0.29) is 11.7 Å². The number of anilines is 2. The zero-order valence-corrected chi connectivity index (χ0v) is 15.8. The number of aromatic hydroxyl groups is 1. The van der Waals surface area contributed by atoms with E-state index in [1.54, 1.807) is 12.1 Å². The summed E-state index contributed by atoms with van der Waals surface area (Å²) >= 11 is 0. The van der Waals surface area contributed by atoms with Crippen LogP contribution >= 0.6 is 0 Å². The Kier molecular flexibility index (Phi) is 4.64. The minimum atomic E-state index is 0.0478. The molecule has 26 heavy (non-hydrogen) atoms. The fourth-order valence-corrected chi connectivity index (χ4v) is 3.59. The largest absolute Gasteiger partial charge is 0.508 e. The van der Waals surface area contributed by atoms with Gasteiger partial charge in [0.1, 0.15) is 5.75 Å². The van der Waals surface area contributed by atoms with Crippen LogP contribution in [0.25, 0.3) is 0 Å². The van der Waals surface area contributed by atoms with E-state index < -0.39 is 0 Å². The monoisotopic (exact) mass is 346 g/mol. The Morgan fingerprint density at radius 3 is 1.31 bits per heavy atom. The van der Waals surface area contributed by atoms with Gasteiger partial charge in [0.15, 0.2) is 0 Å². The number of hydrogen-bond acceptors (Lipinski definition) is 3. The topological polar surface area (TPSA) is 72.3 Å². The molecule has 0 amide bonds. The highest BCUT2D eigenvalue weighted by Gasteiger charge is 2.20. The van der Waals surface area contributed by atoms with Crippen molar-refractivity contribution < 1.29 is 5.11 Å². The van der Waals surface area contributed by atoms with Crippen molar-refractivity contribution in [2.75, 3.05) is 11.5 Å². The normalized spacial score (nSPS) is 11.1. The molecule has 0 bridgehead atoms. The maximum Gasteiger partial charge on any atom is 0.115 e. The van der Waals surface area contributed by atoms with Crippen molar-refractivity contribution in [3.05, 3.63) is 87.5 Å². The number of aryl methyl sites for hydroxylation is 4. The highest BCUT2D eigenvalue weighted by atomic mass is 16.3. The predicted octanol–water partition coefficient (Wildman–Crippen LogP) is 4.97. The third kappa shape index (κ3) is 3.25. The lowest BCUT2D eigenvalue weighted by molar-refractivity contribution is 0.475. The Balaban J connectivity index is 2.25. The Morgan fingerprint density at radius 2 is 0.962 bits per heavy atom. The van der Waals surface area contributed by atoms with E-state index in [4.69, 9.17) is 11.5 Å². The molecule has 0 atom stereocenters. The number of phenolic OH excluding ortho intramolecular Hbond substituents is 1. The summed E-state index contributed by atoms with van der Waals surface area (Å²) in [6.07, 6.45) is 0. The van der Waals surface area contributed by atoms with E-state index in [2.05, 4.69) is 24.3 Å². The standard InChI is InChI=1S/C23H26N2O/c1-13-9-18(10-14(2)22(13)24)21(17-5-7-20(26)8-6-17)19-11-15(3)23(25)16(4)12-19/h5-12,21,26H,24-25H2,1-4H3. The zero-order chi connectivity index (χ0) is 19.0. The van der Waals surface area contributed by atoms with Gasteiger partial charge in [-0.25, -0.2) is 0 Å². The second kappa shape index (κ2) is 6.75. The van der Waals surface area contributed by atoms with Gasteiger partial charge in [-0.1, -0.05) is 36.4 Å². The third-order valence-corrected chi connectivity index (χ3v) is 5.13. The fraction of sp³-hybridized carbons (Fsp3) is 0.217. The van der Waals surface area contributed by atoms with Crippen LogP contribution in [0.4, 0.5) is 11.4 Å². The van der Waals surface area contributed by atoms with Gasteiger partial charge in [-0.2, -0.15) is 0 Å². The summed E-state index contributed by atoms with van der Waals surface area (Å²) in [5, 5.41) is 9.70. The highest BCUT2D eigenvalue weighted by molar-refractivity contribution is 5.60. The molecule has 0 fully saturated rings. The van der Waals surface area contributed by atoms with Crippen LogP contribution in [0.5, 0.6) is 5.75 Å². The van der Waals surface area contributed by atoms with Crippen LogP contribution in [-0.2, 0) is 0 Å². The molecule has 0 saturated heterocycles. The van der Waals surface area contributed by atoms with Crippen molar-refractivity contribution in [3.8, 4) is 5.75 Å². The average Bonchev–Trinajstić information content (AvgIpc) is 2.59. The SMILES string of the molecule is Cc1cc(C(c2ccc(O)cc2)c2cc(C)c(N)c(C)c2)cc(C)c1N. The molecule has 0 unspecified atom stereocenters. The predicted molar refractivity (Wildman–Crippen MR) is 110 cm³/mol. The third-order valence-electron chi connectivity index (χ3n) is 5.13. The van der Waals surface area contributed by atoms with Crippen LogP contribution in [0.2, 0.25) is 0 Å². The molecule has 0 radical (unpaired) electrons. The number of benzene rings is 3. The van der Waals surface area contributed by atoms with Crippen LogP contribution in [-0.4, -0.2) is 5.11 Å². The zero-order valence-electron chi connectivity index (χ0n) is 15.8. The average molecular weight is 346 g/mol. The maximum atomic E-state index is 9.70. The molecular weight excluding hydrogens is 320 g/mol. The van der Waals surface area contributed by atoms with Crippen molar-refractivity contribution in [2.45, 2.75) is 33.6 Å². The molecule has 0 spiro atoms. The lowest BCUT2D eigenvalue weighted by Gasteiger charge is -2.22. The first-order valence-electron chi connectivity index (χ1n) is 8.80. The van der Waals surface area contributed by atoms with Crippen LogP contribution in [0.1, 0.15) is 44.9 Å². The van der Waals surface area contributed by atoms with Gasteiger partial charge in [-0.15, -0.1) is 0 Å². The van der Waals surface area contributed by atoms with E-state index in [9.17, 15) is 5.11 Å². The Bertz CT molecular complexity index is 855. The van der Waals surface area contributed by atoms with Gasteiger partial charge in [0, 0.05) is 17.3 Å². The van der Waals surface area contributed by atoms with Gasteiger partial charge in [-0.05, 0) is 78.8 Å². The summed E-state index contributed by atoms with van der Waals surface area (Å²) in [6.45, 7) is 8.16. The van der Waals surface area contributed by atoms with Gasteiger partial charge in [-0.3, -0.25) is 0 Å². The number of nitrogen functional groups attached to an aromatic ring is 2. The molecule has 0 saturated carbocycles. The Labute approximate surface area is 155 Å². The molecule has 0 aliphatic rings. The van der Waals surface area contributed by atoms with Crippen LogP contribution in [0, 0.1) is 27.7 Å². The molecule has 134 valence electrons. The first kappa shape index (κ1) is 17.9. The molecule has 5 N–H and O–H groups in total. The number of rotatable bonds is 3. The lowest BCUT2D eigenvalue weighted by Crippen LogP contribution is -2.07. The first-order valence-corrected chi connectivity index (χ1v) is 8.80. The van der Waals surface area contributed by atoms with Crippen LogP contribution in [0.3, 0.4) is 0 Å². The number of hydrogen-bond donors (Lipinski definition) is 3. The molecule has 3 aromatic rings. The summed E-state index contributed by atoms with van der Waals surface area (Å²) < 4.78 is 0. The van der Waals surface area contributed by atoms with E-state index in [1.807, 2.05) is 39.8 Å². The Hall–Kier alpha value is -2.94. The van der Waals surface area contributed by atoms with Crippen molar-refractivity contribution in [3.63, 3.8) is 0 Å². The molecule has 0 aliphatic carbocycles. The van der Waals surface area contributed by atoms with Gasteiger partial charge in [0.05, 0.1) is 0 Å². The fourth-order valence-electron chi connectivity index (χ4n) is 3.59. The van der Waals surface area contributed by atoms with Gasteiger partial charge in [0.2, 0.25) is 0 Å². The van der Waals surface area contributed by atoms with Crippen molar-refractivity contribution >= 4 is 11.4 Å². The van der Waals surface area contributed by atoms with Gasteiger partial charge >= 0.3 is 0 Å². The second-order valence-electron chi connectivity index (χ2n) is 7.16. The minimum Gasteiger partial charge on any atom is -0.508 e. The summed E-state index contributed by atoms with van der Waals surface area (Å²) in [5.41, 5.74) is 21.8. The summed E-state index contributed by atoms with van der Waals surface area (Å²) in [5.74, 6) is 0.313. The first-order chi connectivity index (χ1) is 12.3. The van der Waals surface area contributed by atoms with E-state index in [1.165, 1.54) is 11.1 Å². The molecule has 3 heteroatoms. The summed E-state index contributed by atoms with van der Waals surface area (Å²) in [4.78, 5) is 0. The van der Waals surface area contributed by atoms with Gasteiger partial charge < -0.3 is 16.6 Å². The minimum absolute atomic E-state index is 0.0478. The number of phenols is 1.